The number of nitrogens with two attached hydrogens (primary N) is 1. The van der Waals surface area contributed by atoms with E-state index in [9.17, 15) is 19.6 Å². The van der Waals surface area contributed by atoms with Crippen LogP contribution in [0.15, 0.2) is 47.1 Å². The van der Waals surface area contributed by atoms with Crippen LogP contribution in [0.2, 0.25) is 0 Å². The molecule has 30 heavy (non-hydrogen) atoms. The number of rotatable bonds is 5. The molecule has 3 rings (SSSR count). The molecular formula is C21H21N3O6. The molecule has 0 bridgehead atoms. The number of carbonyl (C=O) groups is 3. The van der Waals surface area contributed by atoms with Gasteiger partial charge in [-0.05, 0) is 26.8 Å². The quantitative estimate of drug-likeness (QED) is 0.719. The number of hydrogen-bond acceptors (Lipinski definition) is 8. The molecular weight excluding hydrogens is 390 g/mol. The Labute approximate surface area is 173 Å². The van der Waals surface area contributed by atoms with Crippen LogP contribution in [0.1, 0.15) is 26.3 Å². The summed E-state index contributed by atoms with van der Waals surface area (Å²) in [5, 5.41) is 9.89. The van der Waals surface area contributed by atoms with E-state index in [0.29, 0.717) is 11.3 Å². The Kier molecular flexibility index (Phi) is 5.52. The fourth-order valence-electron chi connectivity index (χ4n) is 3.91. The van der Waals surface area contributed by atoms with Gasteiger partial charge < -0.3 is 19.9 Å². The highest BCUT2D eigenvalue weighted by Crippen LogP contribution is 2.54. The van der Waals surface area contributed by atoms with Gasteiger partial charge in [0.1, 0.15) is 29.5 Å². The number of allylic oxidation sites excluding steroid dienone is 1. The lowest BCUT2D eigenvalue weighted by atomic mass is 9.68. The first-order valence-electron chi connectivity index (χ1n) is 9.38. The molecule has 0 radical (unpaired) electrons. The molecule has 0 saturated heterocycles. The van der Waals surface area contributed by atoms with Crippen LogP contribution in [-0.2, 0) is 34.0 Å². The third-order valence-electron chi connectivity index (χ3n) is 4.96. The Morgan fingerprint density at radius 2 is 1.90 bits per heavy atom. The Hall–Kier alpha value is -3.80. The third-order valence-corrected chi connectivity index (χ3v) is 4.96. The maximum absolute atomic E-state index is 13.8. The van der Waals surface area contributed by atoms with E-state index in [4.69, 9.17) is 19.9 Å². The number of para-hydroxylation sites is 1. The maximum Gasteiger partial charge on any atom is 0.339 e. The Balaban J connectivity index is 2.32. The summed E-state index contributed by atoms with van der Waals surface area (Å²) in [6.45, 7) is 4.55. The van der Waals surface area contributed by atoms with Crippen molar-refractivity contribution >= 4 is 23.5 Å². The molecule has 2 aliphatic rings. The highest BCUT2D eigenvalue weighted by atomic mass is 16.5. The summed E-state index contributed by atoms with van der Waals surface area (Å²) < 4.78 is 15.6. The van der Waals surface area contributed by atoms with Gasteiger partial charge in [0.25, 0.3) is 0 Å². The molecule has 2 aliphatic heterocycles. The first-order valence-corrected chi connectivity index (χ1v) is 9.38. The number of hydrogen-bond donors (Lipinski definition) is 1. The van der Waals surface area contributed by atoms with Crippen LogP contribution in [0, 0.1) is 11.3 Å². The first kappa shape index (κ1) is 20.9. The minimum absolute atomic E-state index is 0.0473. The van der Waals surface area contributed by atoms with Crippen molar-refractivity contribution in [2.24, 2.45) is 5.73 Å². The van der Waals surface area contributed by atoms with E-state index in [0.717, 1.165) is 0 Å². The second-order valence-corrected chi connectivity index (χ2v) is 6.57. The Bertz CT molecular complexity index is 1040. The first-order chi connectivity index (χ1) is 14.3. The zero-order chi connectivity index (χ0) is 22.1. The average molecular weight is 411 g/mol. The van der Waals surface area contributed by atoms with E-state index in [-0.39, 0.29) is 42.5 Å². The third kappa shape index (κ3) is 2.88. The summed E-state index contributed by atoms with van der Waals surface area (Å²) in [6.07, 6.45) is 0. The van der Waals surface area contributed by atoms with Crippen LogP contribution < -0.4 is 10.6 Å². The smallest absolute Gasteiger partial charge is 0.339 e. The minimum atomic E-state index is -1.88. The number of anilines is 1. The molecule has 0 saturated carbocycles. The number of amides is 1. The second kappa shape index (κ2) is 7.91. The molecule has 9 nitrogen and oxygen atoms in total. The molecule has 0 aromatic heterocycles. The number of nitriles is 1. The lowest BCUT2D eigenvalue weighted by Crippen LogP contribution is -2.49. The molecule has 1 atom stereocenters. The normalized spacial score (nSPS) is 20.1. The van der Waals surface area contributed by atoms with Gasteiger partial charge in [-0.2, -0.15) is 5.26 Å². The van der Waals surface area contributed by atoms with Crippen LogP contribution in [-0.4, -0.2) is 37.6 Å². The van der Waals surface area contributed by atoms with Crippen molar-refractivity contribution < 1.29 is 28.6 Å². The number of nitrogens with zero attached hydrogens (tertiary/aromatic N) is 2. The lowest BCUT2D eigenvalue weighted by molar-refractivity contribution is -0.142. The summed E-state index contributed by atoms with van der Waals surface area (Å²) in [5.41, 5.74) is 4.42. The van der Waals surface area contributed by atoms with Crippen molar-refractivity contribution in [2.45, 2.75) is 26.2 Å². The van der Waals surface area contributed by atoms with Crippen LogP contribution in [0.25, 0.3) is 0 Å². The molecule has 2 heterocycles. The summed E-state index contributed by atoms with van der Waals surface area (Å²) in [5.74, 6) is -2.35. The van der Waals surface area contributed by atoms with Gasteiger partial charge in [0.15, 0.2) is 5.41 Å². The van der Waals surface area contributed by atoms with Crippen molar-refractivity contribution in [1.29, 1.82) is 5.26 Å². The van der Waals surface area contributed by atoms with Crippen LogP contribution in [0.4, 0.5) is 5.69 Å². The summed E-state index contributed by atoms with van der Waals surface area (Å²) >= 11 is 0. The van der Waals surface area contributed by atoms with E-state index in [1.807, 2.05) is 6.07 Å². The predicted octanol–water partition coefficient (Wildman–Crippen LogP) is 1.40. The second-order valence-electron chi connectivity index (χ2n) is 6.57. The standard InChI is InChI=1S/C21H21N3O6/c1-4-28-16(25)11-24-15-9-7-6-8-13(15)21(20(24)27)14(10-22)18(23)30-12(3)17(21)19(26)29-5-2/h6-9H,4-5,11,23H2,1-3H3. The number of fused-ring (bicyclic) bond motifs is 2. The van der Waals surface area contributed by atoms with E-state index in [1.54, 1.807) is 38.1 Å². The van der Waals surface area contributed by atoms with E-state index < -0.39 is 23.3 Å². The SMILES string of the molecule is CCOC(=O)CN1C(=O)C2(C(C#N)=C(N)OC(C)=C2C(=O)OCC)c2ccccc21. The number of benzene rings is 1. The van der Waals surface area contributed by atoms with Gasteiger partial charge in [-0.1, -0.05) is 18.2 Å². The minimum Gasteiger partial charge on any atom is -0.465 e. The van der Waals surface area contributed by atoms with Gasteiger partial charge in [-0.25, -0.2) is 4.79 Å². The zero-order valence-corrected chi connectivity index (χ0v) is 16.9. The van der Waals surface area contributed by atoms with Crippen molar-refractivity contribution in [2.75, 3.05) is 24.7 Å². The highest BCUT2D eigenvalue weighted by molar-refractivity contribution is 6.19. The van der Waals surface area contributed by atoms with Crippen LogP contribution in [0.5, 0.6) is 0 Å². The summed E-state index contributed by atoms with van der Waals surface area (Å²) in [7, 11) is 0. The predicted molar refractivity (Wildman–Crippen MR) is 104 cm³/mol. The van der Waals surface area contributed by atoms with Gasteiger partial charge in [-0.15, -0.1) is 0 Å². The summed E-state index contributed by atoms with van der Waals surface area (Å²) in [6, 6.07) is 8.52. The van der Waals surface area contributed by atoms with Crippen molar-refractivity contribution in [3.63, 3.8) is 0 Å². The lowest BCUT2D eigenvalue weighted by Gasteiger charge is -2.34. The largest absolute Gasteiger partial charge is 0.465 e. The Morgan fingerprint density at radius 1 is 1.23 bits per heavy atom. The molecule has 1 aromatic carbocycles. The molecule has 1 spiro atoms. The van der Waals surface area contributed by atoms with E-state index >= 15 is 0 Å². The Morgan fingerprint density at radius 3 is 2.53 bits per heavy atom. The highest BCUT2D eigenvalue weighted by Gasteiger charge is 2.62. The fourth-order valence-corrected chi connectivity index (χ4v) is 3.91. The fraction of sp³-hybridized carbons (Fsp3) is 0.333. The molecule has 0 fully saturated rings. The van der Waals surface area contributed by atoms with Crippen molar-refractivity contribution in [3.05, 3.63) is 52.6 Å². The van der Waals surface area contributed by atoms with Gasteiger partial charge >= 0.3 is 11.9 Å². The van der Waals surface area contributed by atoms with Gasteiger partial charge in [0, 0.05) is 11.3 Å². The monoisotopic (exact) mass is 411 g/mol. The molecule has 9 heteroatoms. The van der Waals surface area contributed by atoms with E-state index in [2.05, 4.69) is 0 Å². The maximum atomic E-state index is 13.8. The van der Waals surface area contributed by atoms with Gasteiger partial charge in [0.2, 0.25) is 11.8 Å². The summed E-state index contributed by atoms with van der Waals surface area (Å²) in [4.78, 5) is 40.1. The molecule has 2 N–H and O–H groups in total. The topological polar surface area (TPSA) is 132 Å². The van der Waals surface area contributed by atoms with Gasteiger partial charge in [0.05, 0.1) is 13.2 Å². The molecule has 1 aromatic rings. The van der Waals surface area contributed by atoms with Crippen LogP contribution >= 0.6 is 0 Å². The molecule has 1 unspecified atom stereocenters. The number of ether oxygens (including phenoxy) is 3. The molecule has 156 valence electrons. The zero-order valence-electron chi connectivity index (χ0n) is 16.9. The van der Waals surface area contributed by atoms with Crippen LogP contribution in [0.3, 0.4) is 0 Å². The average Bonchev–Trinajstić information content (AvgIpc) is 2.92. The number of carbonyl (C=O) groups excluding carboxylic acids is 3. The van der Waals surface area contributed by atoms with Crippen molar-refractivity contribution in [1.82, 2.24) is 0 Å². The van der Waals surface area contributed by atoms with Crippen molar-refractivity contribution in [3.8, 4) is 6.07 Å². The van der Waals surface area contributed by atoms with Gasteiger partial charge in [-0.3, -0.25) is 14.5 Å². The van der Waals surface area contributed by atoms with E-state index in [1.165, 1.54) is 11.8 Å². The molecule has 1 amide bonds. The number of esters is 2. The molecule has 0 aliphatic carbocycles.